The van der Waals surface area contributed by atoms with E-state index in [1.165, 1.54) is 0 Å². The first-order valence-electron chi connectivity index (χ1n) is 14.4. The van der Waals surface area contributed by atoms with Crippen LogP contribution in [0, 0.1) is 0 Å². The number of fused-ring (bicyclic) bond motifs is 2. The van der Waals surface area contributed by atoms with Crippen LogP contribution in [-0.4, -0.2) is 110 Å². The predicted octanol–water partition coefficient (Wildman–Crippen LogP) is 9.90. The maximum atomic E-state index is 3.04. The minimum absolute atomic E-state index is 1.72. The molecule has 0 radical (unpaired) electrons. The molecule has 0 aromatic carbocycles. The van der Waals surface area contributed by atoms with Gasteiger partial charge in [-0.25, -0.2) is 0 Å². The molecule has 0 nitrogen and oxygen atoms in total. The standard InChI is InChI=1S/8C2H5.2CH3.7CH2.6Sn/c8*1-2;;;;;;;;;;;;;;;/h8*1H2,2H3;2*1H3;7*1H2;;;;;;. The zero-order valence-electron chi connectivity index (χ0n) is 23.6. The third-order valence-electron chi connectivity index (χ3n) is 11.7. The van der Waals surface area contributed by atoms with Gasteiger partial charge in [-0.2, -0.15) is 0 Å². The van der Waals surface area contributed by atoms with Gasteiger partial charge in [0, 0.05) is 0 Å². The molecule has 31 heavy (non-hydrogen) atoms. The van der Waals surface area contributed by atoms with Gasteiger partial charge in [0.05, 0.1) is 0 Å². The van der Waals surface area contributed by atoms with Crippen molar-refractivity contribution in [3.63, 3.8) is 0 Å². The van der Waals surface area contributed by atoms with Gasteiger partial charge in [0.1, 0.15) is 0 Å². The molecule has 2 bridgehead atoms. The van der Waals surface area contributed by atoms with Gasteiger partial charge in [-0.1, -0.05) is 0 Å². The van der Waals surface area contributed by atoms with Gasteiger partial charge < -0.3 is 0 Å². The summed E-state index contributed by atoms with van der Waals surface area (Å²) in [6, 6.07) is 0. The van der Waals surface area contributed by atoms with Gasteiger partial charge in [0.15, 0.2) is 0 Å². The summed E-state index contributed by atoms with van der Waals surface area (Å²) < 4.78 is 28.6. The zero-order valence-corrected chi connectivity index (χ0v) is 40.7. The van der Waals surface area contributed by atoms with Gasteiger partial charge in [0.25, 0.3) is 0 Å². The van der Waals surface area contributed by atoms with Gasteiger partial charge >= 0.3 is 228 Å². The summed E-state index contributed by atoms with van der Waals surface area (Å²) in [6.45, 7) is 21.9. The third kappa shape index (κ3) is 7.47. The van der Waals surface area contributed by atoms with Crippen LogP contribution in [0.25, 0.3) is 0 Å². The average molecular weight is 1070 g/mol. The van der Waals surface area contributed by atoms with Crippen molar-refractivity contribution >= 4 is 110 Å². The quantitative estimate of drug-likeness (QED) is 0.213. The number of rotatable bonds is 8. The fraction of sp³-hybridized carbons (Fsp3) is 1.00. The van der Waals surface area contributed by atoms with Crippen molar-refractivity contribution in [2.24, 2.45) is 0 Å². The van der Waals surface area contributed by atoms with Crippen LogP contribution in [-0.2, 0) is 0 Å². The van der Waals surface area contributed by atoms with E-state index >= 15 is 0 Å². The molecule has 0 saturated carbocycles. The Kier molecular flexibility index (Phi) is 13.2. The first-order chi connectivity index (χ1) is 14.4. The molecule has 4 atom stereocenters. The first kappa shape index (κ1) is 32.0. The van der Waals surface area contributed by atoms with Gasteiger partial charge in [-0.05, 0) is 0 Å². The second kappa shape index (κ2) is 12.8. The molecule has 2 heterocycles. The van der Waals surface area contributed by atoms with E-state index in [1.54, 1.807) is 35.5 Å². The summed E-state index contributed by atoms with van der Waals surface area (Å²) in [7, 11) is 0. The Balaban J connectivity index is 2.73. The molecule has 4 unspecified atom stereocenters. The van der Waals surface area contributed by atoms with Crippen molar-refractivity contribution in [3.8, 4) is 0 Å². The Hall–Kier alpha value is 4.79. The van der Waals surface area contributed by atoms with Crippen molar-refractivity contribution in [1.82, 2.24) is 0 Å². The molecule has 0 N–H and O–H groups in total. The van der Waals surface area contributed by atoms with Crippen molar-refractivity contribution in [2.45, 2.75) is 118 Å². The Labute approximate surface area is 223 Å². The van der Waals surface area contributed by atoms with E-state index in [0.717, 1.165) is 0 Å². The number of hydrogen-bond donors (Lipinski definition) is 0. The summed E-state index contributed by atoms with van der Waals surface area (Å²) in [5.41, 5.74) is 0. The minimum atomic E-state index is -1.99. The molecular formula is C25H60Sn6. The van der Waals surface area contributed by atoms with Gasteiger partial charge in [-0.3, -0.25) is 0 Å². The van der Waals surface area contributed by atoms with E-state index in [4.69, 9.17) is 0 Å². The zero-order chi connectivity index (χ0) is 23.6. The Bertz CT molecular complexity index is 541. The fourth-order valence-corrected chi connectivity index (χ4v) is 564. The molecule has 184 valence electrons. The van der Waals surface area contributed by atoms with E-state index in [-0.39, 0.29) is 0 Å². The van der Waals surface area contributed by atoms with Crippen LogP contribution >= 0.6 is 0 Å². The molecule has 2 rings (SSSR count). The molecule has 0 spiro atoms. The van der Waals surface area contributed by atoms with Crippen molar-refractivity contribution in [2.75, 3.05) is 0 Å². The molecule has 0 amide bonds. The second-order valence-electron chi connectivity index (χ2n) is 13.7. The van der Waals surface area contributed by atoms with Gasteiger partial charge in [0.2, 0.25) is 0 Å². The van der Waals surface area contributed by atoms with Crippen LogP contribution in [0.15, 0.2) is 0 Å². The summed E-state index contributed by atoms with van der Waals surface area (Å²) in [6.07, 6.45) is 0. The van der Waals surface area contributed by atoms with Crippen LogP contribution < -0.4 is 0 Å². The molecule has 0 aromatic rings. The molecule has 0 aliphatic carbocycles. The van der Waals surface area contributed by atoms with Crippen LogP contribution in [0.2, 0.25) is 62.5 Å². The molecule has 2 aliphatic heterocycles. The van der Waals surface area contributed by atoms with Crippen molar-refractivity contribution < 1.29 is 0 Å². The summed E-state index contributed by atoms with van der Waals surface area (Å²) >= 11 is -11.6. The van der Waals surface area contributed by atoms with Crippen LogP contribution in [0.1, 0.15) is 55.4 Å². The third-order valence-corrected chi connectivity index (χ3v) is 287. The molecule has 0 aromatic heterocycles. The average Bonchev–Trinajstić information content (AvgIpc) is 2.75. The monoisotopic (exact) mass is 1080 g/mol. The van der Waals surface area contributed by atoms with Crippen LogP contribution in [0.5, 0.6) is 0 Å². The summed E-state index contributed by atoms with van der Waals surface area (Å²) in [5, 5.41) is 0. The number of hydrogen-bond acceptors (Lipinski definition) is 0. The molecule has 2 saturated heterocycles. The molecular weight excluding hydrogens is 1010 g/mol. The SMILES string of the molecule is C[CH2][Sn]1([CH3])[CH2][Sn]([CH3])([CH2]C)[CH2][Sn]2([CH2]C)[CH2][Sn]([CH2]C)([CH2]C)[CH2][Sn]([CH2]C)([CH2]C)[CH2][Sn]([CH2]C)([CH2]1)[CH2]2. The Morgan fingerprint density at radius 2 is 0.710 bits per heavy atom. The maximum absolute atomic E-state index is 3.04. The van der Waals surface area contributed by atoms with E-state index in [1.807, 2.05) is 2.45 Å². The summed E-state index contributed by atoms with van der Waals surface area (Å²) in [4.78, 5) is 6.08. The molecule has 6 heteroatoms. The Morgan fingerprint density at radius 3 is 0.968 bits per heavy atom. The van der Waals surface area contributed by atoms with Crippen LogP contribution in [0.4, 0.5) is 0 Å². The summed E-state index contributed by atoms with van der Waals surface area (Å²) in [5.74, 6) is 0. The topological polar surface area (TPSA) is 0 Å². The van der Waals surface area contributed by atoms with Gasteiger partial charge in [-0.15, -0.1) is 0 Å². The van der Waals surface area contributed by atoms with Crippen LogP contribution in [0.3, 0.4) is 0 Å². The molecule has 2 aliphatic rings. The van der Waals surface area contributed by atoms with E-state index in [2.05, 4.69) is 80.0 Å². The van der Waals surface area contributed by atoms with E-state index in [9.17, 15) is 0 Å². The van der Waals surface area contributed by atoms with Crippen molar-refractivity contribution in [3.05, 3.63) is 0 Å². The van der Waals surface area contributed by atoms with E-state index in [0.29, 0.717) is 0 Å². The Morgan fingerprint density at radius 1 is 0.355 bits per heavy atom. The van der Waals surface area contributed by atoms with Crippen molar-refractivity contribution in [1.29, 1.82) is 0 Å². The fourth-order valence-electron chi connectivity index (χ4n) is 9.40. The first-order valence-corrected chi connectivity index (χ1v) is 64.5. The van der Waals surface area contributed by atoms with E-state index < -0.39 is 110 Å². The second-order valence-corrected chi connectivity index (χ2v) is 139. The predicted molar refractivity (Wildman–Crippen MR) is 164 cm³/mol. The molecule has 2 fully saturated rings. The normalized spacial score (nSPS) is 40.5.